The second kappa shape index (κ2) is 6.74. The largest absolute Gasteiger partial charge is 0.465 e. The molecule has 0 aliphatic carbocycles. The molecule has 1 amide bonds. The lowest BCUT2D eigenvalue weighted by molar-refractivity contribution is -0.0419. The molecule has 3 rings (SSSR count). The number of hydrogen-bond donors (Lipinski definition) is 1. The van der Waals surface area contributed by atoms with Crippen molar-refractivity contribution in [2.75, 3.05) is 6.61 Å². The molecular formula is C19H21NO5S. The minimum Gasteiger partial charge on any atom is -0.465 e. The van der Waals surface area contributed by atoms with Crippen LogP contribution in [0.2, 0.25) is 0 Å². The minimum atomic E-state index is -3.55. The summed E-state index contributed by atoms with van der Waals surface area (Å²) in [6, 6.07) is 14.5. The molecule has 1 heterocycles. The van der Waals surface area contributed by atoms with Crippen LogP contribution in [0.5, 0.6) is 0 Å². The van der Waals surface area contributed by atoms with E-state index in [4.69, 9.17) is 4.74 Å². The molecule has 2 aromatic rings. The molecule has 1 fully saturated rings. The minimum absolute atomic E-state index is 0.213. The lowest BCUT2D eigenvalue weighted by atomic mass is 10.1. The number of ether oxygens (including phenoxy) is 1. The van der Waals surface area contributed by atoms with E-state index in [9.17, 15) is 18.3 Å². The van der Waals surface area contributed by atoms with Crippen LogP contribution in [0.15, 0.2) is 64.4 Å². The Labute approximate surface area is 152 Å². The van der Waals surface area contributed by atoms with Gasteiger partial charge in [-0.25, -0.2) is 13.2 Å². The normalized spacial score (nSPS) is 19.5. The van der Waals surface area contributed by atoms with Gasteiger partial charge in [0, 0.05) is 0 Å². The highest BCUT2D eigenvalue weighted by Gasteiger charge is 2.43. The lowest BCUT2D eigenvalue weighted by Crippen LogP contribution is -2.47. The third-order valence-corrected chi connectivity index (χ3v) is 6.32. The SMILES string of the molecule is CC1(C)OC[C@H](Cc2ccc(S(=O)(=O)c3ccccc3)cc2)N1C(=O)O. The Morgan fingerprint density at radius 2 is 1.69 bits per heavy atom. The highest BCUT2D eigenvalue weighted by molar-refractivity contribution is 7.91. The highest BCUT2D eigenvalue weighted by Crippen LogP contribution is 2.29. The summed E-state index contributed by atoms with van der Waals surface area (Å²) in [5.74, 6) is 0. The number of nitrogens with zero attached hydrogens (tertiary/aromatic N) is 1. The zero-order valence-corrected chi connectivity index (χ0v) is 15.4. The van der Waals surface area contributed by atoms with E-state index in [0.717, 1.165) is 5.56 Å². The van der Waals surface area contributed by atoms with E-state index in [1.807, 2.05) is 0 Å². The van der Waals surface area contributed by atoms with Crippen LogP contribution in [-0.2, 0) is 21.0 Å². The molecule has 1 aliphatic heterocycles. The summed E-state index contributed by atoms with van der Waals surface area (Å²) in [6.45, 7) is 3.75. The average Bonchev–Trinajstić information content (AvgIpc) is 2.90. The number of hydrogen-bond acceptors (Lipinski definition) is 4. The molecule has 26 heavy (non-hydrogen) atoms. The summed E-state index contributed by atoms with van der Waals surface area (Å²) in [5.41, 5.74) is -0.0119. The lowest BCUT2D eigenvalue weighted by Gasteiger charge is -2.31. The van der Waals surface area contributed by atoms with E-state index < -0.39 is 21.7 Å². The summed E-state index contributed by atoms with van der Waals surface area (Å²) in [6.07, 6.45) is -0.567. The van der Waals surface area contributed by atoms with Gasteiger partial charge in [-0.3, -0.25) is 4.90 Å². The summed E-state index contributed by atoms with van der Waals surface area (Å²) in [5, 5.41) is 9.44. The Kier molecular flexibility index (Phi) is 4.77. The van der Waals surface area contributed by atoms with Gasteiger partial charge in [-0.15, -0.1) is 0 Å². The highest BCUT2D eigenvalue weighted by atomic mass is 32.2. The van der Waals surface area contributed by atoms with E-state index >= 15 is 0 Å². The Balaban J connectivity index is 1.80. The maximum atomic E-state index is 12.6. The molecule has 7 heteroatoms. The molecular weight excluding hydrogens is 354 g/mol. The summed E-state index contributed by atoms with van der Waals surface area (Å²) >= 11 is 0. The van der Waals surface area contributed by atoms with Crippen LogP contribution in [0.4, 0.5) is 4.79 Å². The van der Waals surface area contributed by atoms with Gasteiger partial charge in [0.05, 0.1) is 22.4 Å². The molecule has 6 nitrogen and oxygen atoms in total. The number of amides is 1. The van der Waals surface area contributed by atoms with Crippen molar-refractivity contribution < 1.29 is 23.1 Å². The van der Waals surface area contributed by atoms with Crippen LogP contribution < -0.4 is 0 Å². The number of sulfone groups is 1. The summed E-state index contributed by atoms with van der Waals surface area (Å²) in [7, 11) is -3.55. The zero-order valence-electron chi connectivity index (χ0n) is 14.6. The summed E-state index contributed by atoms with van der Waals surface area (Å²) in [4.78, 5) is 13.3. The van der Waals surface area contributed by atoms with Gasteiger partial charge in [0.1, 0.15) is 5.72 Å². The van der Waals surface area contributed by atoms with Crippen molar-refractivity contribution in [3.05, 3.63) is 60.2 Å². The first-order valence-electron chi connectivity index (χ1n) is 8.27. The second-order valence-corrected chi connectivity index (χ2v) is 8.68. The number of carboxylic acid groups (broad SMARTS) is 1. The molecule has 0 spiro atoms. The van der Waals surface area contributed by atoms with E-state index in [1.165, 1.54) is 4.90 Å². The predicted octanol–water partition coefficient (Wildman–Crippen LogP) is 3.18. The van der Waals surface area contributed by atoms with Crippen molar-refractivity contribution in [1.29, 1.82) is 0 Å². The first kappa shape index (κ1) is 18.4. The molecule has 1 aliphatic rings. The number of benzene rings is 2. The Hall–Kier alpha value is -2.38. The van der Waals surface area contributed by atoms with Crippen LogP contribution in [-0.4, -0.2) is 42.9 Å². The molecule has 0 bridgehead atoms. The first-order valence-corrected chi connectivity index (χ1v) is 9.75. The van der Waals surface area contributed by atoms with Gasteiger partial charge in [0.2, 0.25) is 9.84 Å². The maximum absolute atomic E-state index is 12.6. The monoisotopic (exact) mass is 375 g/mol. The van der Waals surface area contributed by atoms with Gasteiger partial charge < -0.3 is 9.84 Å². The van der Waals surface area contributed by atoms with Crippen molar-refractivity contribution in [3.63, 3.8) is 0 Å². The summed E-state index contributed by atoms with van der Waals surface area (Å²) < 4.78 is 30.8. The smallest absolute Gasteiger partial charge is 0.409 e. The van der Waals surface area contributed by atoms with Crippen molar-refractivity contribution in [2.45, 2.75) is 41.8 Å². The van der Waals surface area contributed by atoms with Crippen LogP contribution in [0, 0.1) is 0 Å². The molecule has 0 aromatic heterocycles. The molecule has 1 atom stereocenters. The molecule has 0 radical (unpaired) electrons. The topological polar surface area (TPSA) is 83.9 Å². The fourth-order valence-corrected chi connectivity index (χ4v) is 4.52. The Morgan fingerprint density at radius 3 is 2.27 bits per heavy atom. The van der Waals surface area contributed by atoms with Gasteiger partial charge in [-0.1, -0.05) is 30.3 Å². The van der Waals surface area contributed by atoms with Gasteiger partial charge in [0.15, 0.2) is 0 Å². The molecule has 138 valence electrons. The van der Waals surface area contributed by atoms with Crippen LogP contribution in [0.1, 0.15) is 19.4 Å². The van der Waals surface area contributed by atoms with Crippen molar-refractivity contribution >= 4 is 15.9 Å². The molecule has 1 N–H and O–H groups in total. The third kappa shape index (κ3) is 3.45. The van der Waals surface area contributed by atoms with E-state index in [1.54, 1.807) is 68.4 Å². The second-order valence-electron chi connectivity index (χ2n) is 6.73. The molecule has 0 saturated carbocycles. The maximum Gasteiger partial charge on any atom is 0.409 e. The standard InChI is InChI=1S/C19H21NO5S/c1-19(2)20(18(21)22)15(13-25-19)12-14-8-10-17(11-9-14)26(23,24)16-6-4-3-5-7-16/h3-11,15H,12-13H2,1-2H3,(H,21,22)/t15-/m0/s1. The van der Waals surface area contributed by atoms with Gasteiger partial charge in [-0.2, -0.15) is 0 Å². The fraction of sp³-hybridized carbons (Fsp3) is 0.316. The van der Waals surface area contributed by atoms with Crippen molar-refractivity contribution in [2.24, 2.45) is 0 Å². The Morgan fingerprint density at radius 1 is 1.12 bits per heavy atom. The quantitative estimate of drug-likeness (QED) is 0.887. The predicted molar refractivity (Wildman–Crippen MR) is 95.7 cm³/mol. The van der Waals surface area contributed by atoms with Gasteiger partial charge in [-0.05, 0) is 50.1 Å². The van der Waals surface area contributed by atoms with Gasteiger partial charge in [0.25, 0.3) is 0 Å². The average molecular weight is 375 g/mol. The Bertz CT molecular complexity index is 891. The van der Waals surface area contributed by atoms with Crippen molar-refractivity contribution in [3.8, 4) is 0 Å². The van der Waals surface area contributed by atoms with Crippen LogP contribution >= 0.6 is 0 Å². The number of carbonyl (C=O) groups is 1. The van der Waals surface area contributed by atoms with E-state index in [2.05, 4.69) is 0 Å². The first-order chi connectivity index (χ1) is 12.2. The van der Waals surface area contributed by atoms with Gasteiger partial charge >= 0.3 is 6.09 Å². The number of rotatable bonds is 4. The fourth-order valence-electron chi connectivity index (χ4n) is 3.23. The molecule has 2 aromatic carbocycles. The van der Waals surface area contributed by atoms with E-state index in [0.29, 0.717) is 13.0 Å². The molecule has 1 saturated heterocycles. The third-order valence-electron chi connectivity index (χ3n) is 4.54. The zero-order chi connectivity index (χ0) is 18.9. The van der Waals surface area contributed by atoms with Crippen LogP contribution in [0.25, 0.3) is 0 Å². The van der Waals surface area contributed by atoms with Crippen molar-refractivity contribution in [1.82, 2.24) is 4.90 Å². The molecule has 0 unspecified atom stereocenters. The van der Waals surface area contributed by atoms with E-state index in [-0.39, 0.29) is 15.8 Å². The van der Waals surface area contributed by atoms with Crippen LogP contribution in [0.3, 0.4) is 0 Å².